The molecule has 2 heterocycles. The molecule has 2 aromatic heterocycles. The number of aryl methyl sites for hydroxylation is 2. The maximum Gasteiger partial charge on any atom is 0.341 e. The van der Waals surface area contributed by atoms with Gasteiger partial charge in [-0.2, -0.15) is 0 Å². The zero-order valence-corrected chi connectivity index (χ0v) is 12.0. The van der Waals surface area contributed by atoms with Crippen molar-refractivity contribution in [1.82, 2.24) is 9.97 Å². The van der Waals surface area contributed by atoms with Crippen molar-refractivity contribution in [3.05, 3.63) is 35.3 Å². The van der Waals surface area contributed by atoms with E-state index < -0.39 is 0 Å². The van der Waals surface area contributed by atoms with E-state index in [4.69, 9.17) is 9.15 Å². The van der Waals surface area contributed by atoms with Crippen molar-refractivity contribution < 1.29 is 13.9 Å². The number of esters is 1. The molecule has 0 N–H and O–H groups in total. The van der Waals surface area contributed by atoms with Crippen molar-refractivity contribution >= 4 is 5.97 Å². The molecule has 0 saturated heterocycles. The Bertz CT molecular complexity index is 605. The van der Waals surface area contributed by atoms with Gasteiger partial charge >= 0.3 is 5.97 Å². The van der Waals surface area contributed by atoms with E-state index in [1.165, 1.54) is 6.20 Å². The van der Waals surface area contributed by atoms with E-state index in [9.17, 15) is 4.79 Å². The third kappa shape index (κ3) is 2.87. The molecule has 2 rings (SSSR count). The highest BCUT2D eigenvalue weighted by molar-refractivity contribution is 5.90. The van der Waals surface area contributed by atoms with Gasteiger partial charge < -0.3 is 9.15 Å². The predicted molar refractivity (Wildman–Crippen MR) is 74.4 cm³/mol. The minimum Gasteiger partial charge on any atom is -0.462 e. The lowest BCUT2D eigenvalue weighted by atomic mass is 10.1. The number of carbonyl (C=O) groups is 1. The topological polar surface area (TPSA) is 65.2 Å². The molecular formula is C15H18N2O3. The summed E-state index contributed by atoms with van der Waals surface area (Å²) in [4.78, 5) is 20.6. The number of aromatic nitrogens is 2. The van der Waals surface area contributed by atoms with Gasteiger partial charge in [-0.1, -0.05) is 13.3 Å². The van der Waals surface area contributed by atoms with Gasteiger partial charge in [0.25, 0.3) is 0 Å². The van der Waals surface area contributed by atoms with Gasteiger partial charge in [0.15, 0.2) is 11.6 Å². The zero-order valence-electron chi connectivity index (χ0n) is 12.0. The molecule has 0 bridgehead atoms. The Kier molecular flexibility index (Phi) is 4.50. The molecule has 20 heavy (non-hydrogen) atoms. The summed E-state index contributed by atoms with van der Waals surface area (Å²) in [5.74, 6) is 0.764. The second-order valence-electron chi connectivity index (χ2n) is 4.46. The number of rotatable bonds is 5. The number of carbonyl (C=O) groups excluding carboxylic acids is 1. The smallest absolute Gasteiger partial charge is 0.341 e. The van der Waals surface area contributed by atoms with Crippen molar-refractivity contribution in [2.24, 2.45) is 0 Å². The molecule has 0 spiro atoms. The molecule has 0 saturated carbocycles. The Morgan fingerprint density at radius 1 is 1.40 bits per heavy atom. The van der Waals surface area contributed by atoms with Crippen LogP contribution in [0.25, 0.3) is 11.6 Å². The zero-order chi connectivity index (χ0) is 14.5. The van der Waals surface area contributed by atoms with Crippen LogP contribution in [-0.4, -0.2) is 22.5 Å². The van der Waals surface area contributed by atoms with E-state index in [-0.39, 0.29) is 5.97 Å². The molecule has 0 aliphatic rings. The second kappa shape index (κ2) is 6.32. The lowest BCUT2D eigenvalue weighted by molar-refractivity contribution is 0.0524. The first-order valence-electron chi connectivity index (χ1n) is 6.74. The van der Waals surface area contributed by atoms with Gasteiger partial charge in [0.2, 0.25) is 0 Å². The highest BCUT2D eigenvalue weighted by atomic mass is 16.5. The van der Waals surface area contributed by atoms with Crippen LogP contribution in [0.2, 0.25) is 0 Å². The minimum absolute atomic E-state index is 0.337. The van der Waals surface area contributed by atoms with Crippen molar-refractivity contribution in [3.8, 4) is 11.6 Å². The van der Waals surface area contributed by atoms with Gasteiger partial charge in [0.1, 0.15) is 0 Å². The SMILES string of the molecule is CCCc1nc(-c2occc2C)ncc1C(=O)OCC. The van der Waals surface area contributed by atoms with Gasteiger partial charge in [0, 0.05) is 6.20 Å². The average Bonchev–Trinajstić information content (AvgIpc) is 2.85. The van der Waals surface area contributed by atoms with Gasteiger partial charge in [-0.05, 0) is 31.9 Å². The molecule has 0 radical (unpaired) electrons. The molecule has 0 fully saturated rings. The standard InChI is InChI=1S/C15H18N2O3/c1-4-6-12-11(15(18)19-5-2)9-16-14(17-12)13-10(3)7-8-20-13/h7-9H,4-6H2,1-3H3. The number of hydrogen-bond acceptors (Lipinski definition) is 5. The molecule has 5 heteroatoms. The Labute approximate surface area is 118 Å². The van der Waals surface area contributed by atoms with Crippen LogP contribution in [0, 0.1) is 6.92 Å². The first kappa shape index (κ1) is 14.2. The highest BCUT2D eigenvalue weighted by Gasteiger charge is 2.17. The number of furan rings is 1. The Morgan fingerprint density at radius 2 is 2.20 bits per heavy atom. The number of nitrogens with zero attached hydrogens (tertiary/aromatic N) is 2. The van der Waals surface area contributed by atoms with E-state index in [1.807, 2.05) is 19.9 Å². The summed E-state index contributed by atoms with van der Waals surface area (Å²) in [5, 5.41) is 0. The fourth-order valence-corrected chi connectivity index (χ4v) is 1.94. The quantitative estimate of drug-likeness (QED) is 0.783. The molecule has 106 valence electrons. The summed E-state index contributed by atoms with van der Waals surface area (Å²) in [5.41, 5.74) is 2.10. The Hall–Kier alpha value is -2.17. The third-order valence-corrected chi connectivity index (χ3v) is 2.92. The third-order valence-electron chi connectivity index (χ3n) is 2.92. The van der Waals surface area contributed by atoms with Crippen molar-refractivity contribution in [1.29, 1.82) is 0 Å². The summed E-state index contributed by atoms with van der Waals surface area (Å²) in [6.07, 6.45) is 4.71. The molecule has 0 aliphatic carbocycles. The number of ether oxygens (including phenoxy) is 1. The normalized spacial score (nSPS) is 10.6. The van der Waals surface area contributed by atoms with Gasteiger partial charge in [-0.25, -0.2) is 14.8 Å². The molecule has 5 nitrogen and oxygen atoms in total. The van der Waals surface area contributed by atoms with Crippen LogP contribution in [0.1, 0.15) is 41.9 Å². The van der Waals surface area contributed by atoms with E-state index >= 15 is 0 Å². The highest BCUT2D eigenvalue weighted by Crippen LogP contribution is 2.22. The van der Waals surface area contributed by atoms with Gasteiger partial charge in [-0.3, -0.25) is 0 Å². The van der Waals surface area contributed by atoms with Crippen LogP contribution in [0.5, 0.6) is 0 Å². The first-order valence-corrected chi connectivity index (χ1v) is 6.74. The molecular weight excluding hydrogens is 256 g/mol. The molecule has 0 aromatic carbocycles. The monoisotopic (exact) mass is 274 g/mol. The maximum absolute atomic E-state index is 11.9. The maximum atomic E-state index is 11.9. The summed E-state index contributed by atoms with van der Waals surface area (Å²) in [6, 6.07) is 1.86. The number of hydrogen-bond donors (Lipinski definition) is 0. The van der Waals surface area contributed by atoms with E-state index in [0.29, 0.717) is 35.9 Å². The summed E-state index contributed by atoms with van der Waals surface area (Å²) >= 11 is 0. The molecule has 0 aliphatic heterocycles. The van der Waals surface area contributed by atoms with Crippen LogP contribution in [0.3, 0.4) is 0 Å². The van der Waals surface area contributed by atoms with Crippen LogP contribution in [0.4, 0.5) is 0 Å². The van der Waals surface area contributed by atoms with Gasteiger partial charge in [0.05, 0.1) is 24.1 Å². The fourth-order valence-electron chi connectivity index (χ4n) is 1.94. The summed E-state index contributed by atoms with van der Waals surface area (Å²) in [6.45, 7) is 6.08. The minimum atomic E-state index is -0.376. The molecule has 0 atom stereocenters. The molecule has 0 unspecified atom stereocenters. The van der Waals surface area contributed by atoms with Crippen molar-refractivity contribution in [2.75, 3.05) is 6.61 Å². The van der Waals surface area contributed by atoms with E-state index in [2.05, 4.69) is 9.97 Å². The Morgan fingerprint density at radius 3 is 2.80 bits per heavy atom. The van der Waals surface area contributed by atoms with Crippen LogP contribution < -0.4 is 0 Å². The van der Waals surface area contributed by atoms with Crippen molar-refractivity contribution in [2.45, 2.75) is 33.6 Å². The largest absolute Gasteiger partial charge is 0.462 e. The molecule has 0 amide bonds. The summed E-state index contributed by atoms with van der Waals surface area (Å²) in [7, 11) is 0. The van der Waals surface area contributed by atoms with Crippen LogP contribution in [0.15, 0.2) is 22.9 Å². The van der Waals surface area contributed by atoms with Gasteiger partial charge in [-0.15, -0.1) is 0 Å². The fraction of sp³-hybridized carbons (Fsp3) is 0.400. The van der Waals surface area contributed by atoms with Crippen LogP contribution >= 0.6 is 0 Å². The Balaban J connectivity index is 2.42. The van der Waals surface area contributed by atoms with Crippen molar-refractivity contribution in [3.63, 3.8) is 0 Å². The average molecular weight is 274 g/mol. The van der Waals surface area contributed by atoms with E-state index in [0.717, 1.165) is 12.0 Å². The lowest BCUT2D eigenvalue weighted by Crippen LogP contribution is -2.11. The van der Waals surface area contributed by atoms with E-state index in [1.54, 1.807) is 13.2 Å². The summed E-state index contributed by atoms with van der Waals surface area (Å²) < 4.78 is 10.4. The first-order chi connectivity index (χ1) is 9.67. The predicted octanol–water partition coefficient (Wildman–Crippen LogP) is 3.17. The lowest BCUT2D eigenvalue weighted by Gasteiger charge is -2.08. The second-order valence-corrected chi connectivity index (χ2v) is 4.46. The molecule has 2 aromatic rings. The van der Waals surface area contributed by atoms with Crippen LogP contribution in [-0.2, 0) is 11.2 Å².